The maximum absolute atomic E-state index is 11.3. The summed E-state index contributed by atoms with van der Waals surface area (Å²) in [6.45, 7) is 8.65. The number of nitrogens with two attached hydrogens (primary N) is 1. The van der Waals surface area contributed by atoms with Gasteiger partial charge in [0.15, 0.2) is 5.76 Å². The van der Waals surface area contributed by atoms with Crippen LogP contribution in [0, 0.1) is 11.8 Å². The number of nitrogen functional groups attached to an aromatic ring is 1. The van der Waals surface area contributed by atoms with E-state index in [4.69, 9.17) is 10.3 Å². The van der Waals surface area contributed by atoms with E-state index in [-0.39, 0.29) is 11.7 Å². The fourth-order valence-electron chi connectivity index (χ4n) is 2.90. The molecule has 1 fully saturated rings. The van der Waals surface area contributed by atoms with Gasteiger partial charge in [0.2, 0.25) is 0 Å². The summed E-state index contributed by atoms with van der Waals surface area (Å²) in [6.07, 6.45) is 1.27. The Bertz CT molecular complexity index is 444. The molecule has 0 aromatic carbocycles. The molecule has 0 aliphatic carbocycles. The zero-order chi connectivity index (χ0) is 14.0. The van der Waals surface area contributed by atoms with Gasteiger partial charge < -0.3 is 4.42 Å². The van der Waals surface area contributed by atoms with Crippen molar-refractivity contribution in [1.82, 2.24) is 10.3 Å². The highest BCUT2D eigenvalue weighted by Gasteiger charge is 2.29. The molecule has 1 aromatic rings. The Labute approximate surface area is 114 Å². The van der Waals surface area contributed by atoms with E-state index in [1.54, 1.807) is 6.07 Å². The monoisotopic (exact) mass is 265 g/mol. The molecule has 3 N–H and O–H groups in total. The molecule has 0 saturated carbocycles. The number of furan rings is 1. The van der Waals surface area contributed by atoms with Crippen molar-refractivity contribution in [2.45, 2.75) is 39.8 Å². The molecule has 3 unspecified atom stereocenters. The average molecular weight is 265 g/mol. The number of hydrogen-bond acceptors (Lipinski definition) is 4. The lowest BCUT2D eigenvalue weighted by Crippen LogP contribution is -2.45. The van der Waals surface area contributed by atoms with E-state index in [1.807, 2.05) is 6.07 Å². The quantitative estimate of drug-likeness (QED) is 0.496. The molecule has 5 nitrogen and oxygen atoms in total. The first kappa shape index (κ1) is 14.1. The number of piperidine rings is 1. The molecule has 1 aromatic heterocycles. The third kappa shape index (κ3) is 3.16. The van der Waals surface area contributed by atoms with Crippen LogP contribution in [0.3, 0.4) is 0 Å². The highest BCUT2D eigenvalue weighted by Crippen LogP contribution is 2.28. The van der Waals surface area contributed by atoms with Crippen molar-refractivity contribution in [3.8, 4) is 0 Å². The van der Waals surface area contributed by atoms with Crippen molar-refractivity contribution in [1.29, 1.82) is 0 Å². The Morgan fingerprint density at radius 1 is 1.47 bits per heavy atom. The van der Waals surface area contributed by atoms with E-state index >= 15 is 0 Å². The summed E-state index contributed by atoms with van der Waals surface area (Å²) in [7, 11) is 0. The zero-order valence-electron chi connectivity index (χ0n) is 11.8. The molecule has 2 rings (SSSR count). The van der Waals surface area contributed by atoms with Crippen LogP contribution in [-0.4, -0.2) is 23.4 Å². The smallest absolute Gasteiger partial charge is 0.300 e. The molecule has 0 bridgehead atoms. The molecule has 19 heavy (non-hydrogen) atoms. The van der Waals surface area contributed by atoms with Gasteiger partial charge in [-0.15, -0.1) is 0 Å². The zero-order valence-corrected chi connectivity index (χ0v) is 11.8. The lowest BCUT2D eigenvalue weighted by atomic mass is 9.86. The Balaban J connectivity index is 2.03. The third-order valence-electron chi connectivity index (χ3n) is 4.10. The van der Waals surface area contributed by atoms with Crippen LogP contribution in [0.4, 0.5) is 0 Å². The van der Waals surface area contributed by atoms with Gasteiger partial charge in [0, 0.05) is 12.6 Å². The van der Waals surface area contributed by atoms with Gasteiger partial charge in [-0.25, -0.2) is 5.84 Å². The van der Waals surface area contributed by atoms with Gasteiger partial charge >= 0.3 is 5.91 Å². The lowest BCUT2D eigenvalue weighted by Gasteiger charge is -2.40. The van der Waals surface area contributed by atoms with Crippen LogP contribution < -0.4 is 11.3 Å². The number of likely N-dealkylation sites (tertiary alicyclic amines) is 1. The maximum Gasteiger partial charge on any atom is 0.300 e. The first-order valence-corrected chi connectivity index (χ1v) is 6.85. The van der Waals surface area contributed by atoms with Gasteiger partial charge in [-0.05, 0) is 37.3 Å². The predicted octanol–water partition coefficient (Wildman–Crippen LogP) is 1.75. The number of carbonyl (C=O) groups excluding carboxylic acids is 1. The average Bonchev–Trinajstić information content (AvgIpc) is 2.83. The fraction of sp³-hybridized carbons (Fsp3) is 0.643. The van der Waals surface area contributed by atoms with Crippen molar-refractivity contribution in [3.63, 3.8) is 0 Å². The van der Waals surface area contributed by atoms with E-state index in [1.165, 1.54) is 6.42 Å². The van der Waals surface area contributed by atoms with E-state index in [0.717, 1.165) is 18.8 Å². The van der Waals surface area contributed by atoms with Gasteiger partial charge in [0.25, 0.3) is 0 Å². The SMILES string of the molecule is CC1CC(C)C(C)N(Cc2ccc(C(=O)NN)o2)C1. The minimum atomic E-state index is -0.389. The lowest BCUT2D eigenvalue weighted by molar-refractivity contribution is 0.0659. The number of nitrogens with one attached hydrogen (secondary N) is 1. The Morgan fingerprint density at radius 3 is 2.89 bits per heavy atom. The summed E-state index contributed by atoms with van der Waals surface area (Å²) in [6, 6.07) is 4.05. The van der Waals surface area contributed by atoms with E-state index < -0.39 is 0 Å². The third-order valence-corrected chi connectivity index (χ3v) is 4.10. The molecule has 1 aliphatic heterocycles. The van der Waals surface area contributed by atoms with Crippen LogP contribution in [0.1, 0.15) is 43.5 Å². The summed E-state index contributed by atoms with van der Waals surface area (Å²) in [4.78, 5) is 13.8. The molecule has 0 radical (unpaired) electrons. The number of hydrogen-bond donors (Lipinski definition) is 2. The molecule has 0 spiro atoms. The summed E-state index contributed by atoms with van der Waals surface area (Å²) in [5, 5.41) is 0. The standard InChI is InChI=1S/C14H23N3O2/c1-9-6-10(2)11(3)17(7-9)8-12-4-5-13(19-12)14(18)16-15/h4-5,9-11H,6-8,15H2,1-3H3,(H,16,18). The van der Waals surface area contributed by atoms with Crippen LogP contribution in [0.5, 0.6) is 0 Å². The molecular weight excluding hydrogens is 242 g/mol. The topological polar surface area (TPSA) is 71.5 Å². The summed E-state index contributed by atoms with van der Waals surface area (Å²) < 4.78 is 5.52. The van der Waals surface area contributed by atoms with Crippen molar-refractivity contribution < 1.29 is 9.21 Å². The molecule has 3 atom stereocenters. The second-order valence-corrected chi connectivity index (χ2v) is 5.73. The highest BCUT2D eigenvalue weighted by molar-refractivity contribution is 5.90. The van der Waals surface area contributed by atoms with E-state index in [2.05, 4.69) is 31.1 Å². The number of rotatable bonds is 3. The molecule has 1 aliphatic rings. The number of carbonyl (C=O) groups is 1. The summed E-state index contributed by atoms with van der Waals surface area (Å²) in [5.74, 6) is 7.16. The summed E-state index contributed by atoms with van der Waals surface area (Å²) >= 11 is 0. The van der Waals surface area contributed by atoms with Gasteiger partial charge in [-0.2, -0.15) is 0 Å². The predicted molar refractivity (Wildman–Crippen MR) is 73.2 cm³/mol. The minimum absolute atomic E-state index is 0.267. The van der Waals surface area contributed by atoms with Crippen molar-refractivity contribution >= 4 is 5.91 Å². The summed E-state index contributed by atoms with van der Waals surface area (Å²) in [5.41, 5.74) is 2.07. The van der Waals surface area contributed by atoms with Gasteiger partial charge in [-0.3, -0.25) is 15.1 Å². The van der Waals surface area contributed by atoms with Crippen molar-refractivity contribution in [2.24, 2.45) is 17.7 Å². The Kier molecular flexibility index (Phi) is 4.27. The van der Waals surface area contributed by atoms with Gasteiger partial charge in [0.05, 0.1) is 6.54 Å². The normalized spacial score (nSPS) is 28.3. The maximum atomic E-state index is 11.3. The Hall–Kier alpha value is -1.33. The fourth-order valence-corrected chi connectivity index (χ4v) is 2.90. The Morgan fingerprint density at radius 2 is 2.21 bits per heavy atom. The molecule has 1 saturated heterocycles. The van der Waals surface area contributed by atoms with Crippen LogP contribution in [0.25, 0.3) is 0 Å². The molecule has 5 heteroatoms. The van der Waals surface area contributed by atoms with Gasteiger partial charge in [-0.1, -0.05) is 13.8 Å². The number of nitrogens with zero attached hydrogens (tertiary/aromatic N) is 1. The van der Waals surface area contributed by atoms with E-state index in [9.17, 15) is 4.79 Å². The number of amides is 1. The van der Waals surface area contributed by atoms with Crippen molar-refractivity contribution in [3.05, 3.63) is 23.7 Å². The molecule has 2 heterocycles. The molecule has 106 valence electrons. The second kappa shape index (κ2) is 5.75. The largest absolute Gasteiger partial charge is 0.455 e. The first-order chi connectivity index (χ1) is 9.01. The number of hydrazine groups is 1. The van der Waals surface area contributed by atoms with Crippen LogP contribution >= 0.6 is 0 Å². The van der Waals surface area contributed by atoms with Crippen molar-refractivity contribution in [2.75, 3.05) is 6.54 Å². The molecule has 1 amide bonds. The van der Waals surface area contributed by atoms with Crippen LogP contribution in [0.15, 0.2) is 16.5 Å². The minimum Gasteiger partial charge on any atom is -0.455 e. The highest BCUT2D eigenvalue weighted by atomic mass is 16.4. The van der Waals surface area contributed by atoms with Crippen LogP contribution in [0.2, 0.25) is 0 Å². The van der Waals surface area contributed by atoms with Crippen LogP contribution in [-0.2, 0) is 6.54 Å². The second-order valence-electron chi connectivity index (χ2n) is 5.73. The first-order valence-electron chi connectivity index (χ1n) is 6.85. The van der Waals surface area contributed by atoms with Gasteiger partial charge in [0.1, 0.15) is 5.76 Å². The molecular formula is C14H23N3O2. The van der Waals surface area contributed by atoms with E-state index in [0.29, 0.717) is 17.9 Å².